The van der Waals surface area contributed by atoms with Gasteiger partial charge in [-0.25, -0.2) is 13.1 Å². The number of fused-ring (bicyclic) bond motifs is 1. The summed E-state index contributed by atoms with van der Waals surface area (Å²) in [6, 6.07) is 13.4. The van der Waals surface area contributed by atoms with Gasteiger partial charge in [-0.2, -0.15) is 0 Å². The van der Waals surface area contributed by atoms with Crippen LogP contribution >= 0.6 is 11.6 Å². The predicted octanol–water partition coefficient (Wildman–Crippen LogP) is 6.22. The molecule has 1 aliphatic carbocycles. The molecule has 154 valence electrons. The summed E-state index contributed by atoms with van der Waals surface area (Å²) >= 11 is 6.34. The number of rotatable bonds is 5. The average molecular weight is 431 g/mol. The van der Waals surface area contributed by atoms with Crippen molar-refractivity contribution in [2.45, 2.75) is 62.8 Å². The van der Waals surface area contributed by atoms with Crippen LogP contribution in [0.1, 0.15) is 57.4 Å². The van der Waals surface area contributed by atoms with E-state index in [0.717, 1.165) is 47.8 Å². The van der Waals surface area contributed by atoms with E-state index in [9.17, 15) is 8.42 Å². The number of benzene rings is 2. The maximum absolute atomic E-state index is 13.1. The number of para-hydroxylation sites is 1. The fraction of sp³-hybridized carbons (Fsp3) is 0.391. The Morgan fingerprint density at radius 3 is 2.52 bits per heavy atom. The minimum absolute atomic E-state index is 0.00669. The monoisotopic (exact) mass is 430 g/mol. The first-order chi connectivity index (χ1) is 13.9. The number of aromatic nitrogens is 1. The van der Waals surface area contributed by atoms with E-state index in [1.54, 1.807) is 12.1 Å². The first-order valence-corrected chi connectivity index (χ1v) is 12.2. The van der Waals surface area contributed by atoms with E-state index in [-0.39, 0.29) is 21.9 Å². The van der Waals surface area contributed by atoms with Gasteiger partial charge in [0.05, 0.1) is 5.02 Å². The van der Waals surface area contributed by atoms with Crippen LogP contribution in [0.4, 0.5) is 0 Å². The molecule has 0 radical (unpaired) electrons. The minimum Gasteiger partial charge on any atom is -0.354 e. The van der Waals surface area contributed by atoms with Crippen molar-refractivity contribution in [2.24, 2.45) is 0 Å². The van der Waals surface area contributed by atoms with Crippen LogP contribution in [0.5, 0.6) is 0 Å². The normalized spacial score (nSPS) is 16.0. The number of hydrogen-bond acceptors (Lipinski definition) is 2. The van der Waals surface area contributed by atoms with Crippen molar-refractivity contribution in [3.63, 3.8) is 0 Å². The average Bonchev–Trinajstić information content (AvgIpc) is 3.08. The number of nitrogens with one attached hydrogen (secondary N) is 2. The highest BCUT2D eigenvalue weighted by Crippen LogP contribution is 2.37. The SMILES string of the molecule is CC(C)c1c(-c2ccc(Cl)c(S(=O)(=O)NC3CCCCC3)c2)[nH]c2ccccc12. The van der Waals surface area contributed by atoms with Gasteiger partial charge in [-0.3, -0.25) is 0 Å². The van der Waals surface area contributed by atoms with Gasteiger partial charge in [-0.1, -0.05) is 69.0 Å². The third-order valence-electron chi connectivity index (χ3n) is 5.76. The van der Waals surface area contributed by atoms with E-state index in [2.05, 4.69) is 29.6 Å². The van der Waals surface area contributed by atoms with Crippen molar-refractivity contribution in [1.29, 1.82) is 0 Å². The zero-order valence-corrected chi connectivity index (χ0v) is 18.4. The summed E-state index contributed by atoms with van der Waals surface area (Å²) in [6.07, 6.45) is 5.07. The molecule has 0 bridgehead atoms. The first kappa shape index (κ1) is 20.5. The second-order valence-corrected chi connectivity index (χ2v) is 10.3. The smallest absolute Gasteiger partial charge is 0.242 e. The number of aromatic amines is 1. The molecule has 0 atom stereocenters. The molecule has 2 N–H and O–H groups in total. The molecule has 4 rings (SSSR count). The van der Waals surface area contributed by atoms with Gasteiger partial charge < -0.3 is 4.98 Å². The van der Waals surface area contributed by atoms with E-state index >= 15 is 0 Å². The predicted molar refractivity (Wildman–Crippen MR) is 120 cm³/mol. The van der Waals surface area contributed by atoms with Crippen molar-refractivity contribution in [3.05, 3.63) is 53.1 Å². The lowest BCUT2D eigenvalue weighted by molar-refractivity contribution is 0.412. The Balaban J connectivity index is 1.78. The molecule has 4 nitrogen and oxygen atoms in total. The summed E-state index contributed by atoms with van der Waals surface area (Å²) in [4.78, 5) is 3.63. The van der Waals surface area contributed by atoms with Crippen molar-refractivity contribution in [2.75, 3.05) is 0 Å². The molecule has 0 saturated heterocycles. The highest BCUT2D eigenvalue weighted by Gasteiger charge is 2.25. The topological polar surface area (TPSA) is 62.0 Å². The Labute approximate surface area is 177 Å². The molecule has 0 spiro atoms. The summed E-state index contributed by atoms with van der Waals surface area (Å²) in [5.74, 6) is 0.289. The Morgan fingerprint density at radius 1 is 1.07 bits per heavy atom. The van der Waals surface area contributed by atoms with Gasteiger partial charge >= 0.3 is 0 Å². The van der Waals surface area contributed by atoms with E-state index in [4.69, 9.17) is 11.6 Å². The molecule has 1 heterocycles. The van der Waals surface area contributed by atoms with Gasteiger partial charge in [0.1, 0.15) is 4.90 Å². The Hall–Kier alpha value is -1.82. The molecule has 0 unspecified atom stereocenters. The van der Waals surface area contributed by atoms with Gasteiger partial charge in [0.15, 0.2) is 0 Å². The van der Waals surface area contributed by atoms with Crippen LogP contribution in [0, 0.1) is 0 Å². The van der Waals surface area contributed by atoms with E-state index in [0.29, 0.717) is 0 Å². The highest BCUT2D eigenvalue weighted by molar-refractivity contribution is 7.89. The van der Waals surface area contributed by atoms with Crippen LogP contribution in [0.3, 0.4) is 0 Å². The number of sulfonamides is 1. The summed E-state index contributed by atoms with van der Waals surface area (Å²) in [7, 11) is -3.68. The molecule has 0 amide bonds. The number of halogens is 1. The third kappa shape index (κ3) is 4.09. The van der Waals surface area contributed by atoms with Gasteiger partial charge in [-0.05, 0) is 48.1 Å². The zero-order chi connectivity index (χ0) is 20.6. The lowest BCUT2D eigenvalue weighted by Crippen LogP contribution is -2.36. The quantitative estimate of drug-likeness (QED) is 0.504. The van der Waals surface area contributed by atoms with Crippen LogP contribution < -0.4 is 4.72 Å². The van der Waals surface area contributed by atoms with Gasteiger partial charge in [0.25, 0.3) is 0 Å². The minimum atomic E-state index is -3.68. The van der Waals surface area contributed by atoms with Crippen molar-refractivity contribution in [1.82, 2.24) is 9.71 Å². The molecular weight excluding hydrogens is 404 g/mol. The summed E-state index contributed by atoms with van der Waals surface area (Å²) in [5, 5.41) is 1.41. The molecule has 0 aliphatic heterocycles. The lowest BCUT2D eigenvalue weighted by atomic mass is 9.96. The van der Waals surface area contributed by atoms with Crippen molar-refractivity contribution >= 4 is 32.5 Å². The van der Waals surface area contributed by atoms with Crippen LogP contribution in [0.15, 0.2) is 47.4 Å². The zero-order valence-electron chi connectivity index (χ0n) is 16.8. The van der Waals surface area contributed by atoms with Crippen molar-refractivity contribution < 1.29 is 8.42 Å². The summed E-state index contributed by atoms with van der Waals surface area (Å²) < 4.78 is 29.1. The fourth-order valence-corrected chi connectivity index (χ4v) is 6.19. The van der Waals surface area contributed by atoms with Gasteiger partial charge in [-0.15, -0.1) is 0 Å². The van der Waals surface area contributed by atoms with Crippen molar-refractivity contribution in [3.8, 4) is 11.3 Å². The molecule has 29 heavy (non-hydrogen) atoms. The first-order valence-electron chi connectivity index (χ1n) is 10.3. The van der Waals surface area contributed by atoms with Crippen LogP contribution in [0.2, 0.25) is 5.02 Å². The van der Waals surface area contributed by atoms with Crippen LogP contribution in [-0.4, -0.2) is 19.4 Å². The number of H-pyrrole nitrogens is 1. The molecular formula is C23H27ClN2O2S. The molecule has 1 aliphatic rings. The Morgan fingerprint density at radius 2 is 1.79 bits per heavy atom. The van der Waals surface area contributed by atoms with Gasteiger partial charge in [0, 0.05) is 22.6 Å². The maximum Gasteiger partial charge on any atom is 0.242 e. The van der Waals surface area contributed by atoms with Crippen LogP contribution in [0.25, 0.3) is 22.2 Å². The molecule has 2 aromatic carbocycles. The van der Waals surface area contributed by atoms with E-state index in [1.165, 1.54) is 12.0 Å². The van der Waals surface area contributed by atoms with Crippen LogP contribution in [-0.2, 0) is 10.0 Å². The standard InChI is InChI=1S/C23H27ClN2O2S/c1-15(2)22-18-10-6-7-11-20(18)25-23(22)16-12-13-19(24)21(14-16)29(27,28)26-17-8-4-3-5-9-17/h6-7,10-15,17,25-26H,3-5,8-9H2,1-2H3. The molecule has 1 saturated carbocycles. The Bertz CT molecular complexity index is 1130. The fourth-order valence-electron chi connectivity index (χ4n) is 4.36. The van der Waals surface area contributed by atoms with Gasteiger partial charge in [0.2, 0.25) is 10.0 Å². The summed E-state index contributed by atoms with van der Waals surface area (Å²) in [5.41, 5.74) is 4.02. The second-order valence-electron chi connectivity index (χ2n) is 8.22. The largest absolute Gasteiger partial charge is 0.354 e. The Kier molecular flexibility index (Phi) is 5.74. The molecule has 1 fully saturated rings. The molecule has 1 aromatic heterocycles. The highest BCUT2D eigenvalue weighted by atomic mass is 35.5. The number of hydrogen-bond donors (Lipinski definition) is 2. The third-order valence-corrected chi connectivity index (χ3v) is 7.76. The molecule has 3 aromatic rings. The summed E-state index contributed by atoms with van der Waals surface area (Å²) in [6.45, 7) is 4.30. The van der Waals surface area contributed by atoms with E-state index < -0.39 is 10.0 Å². The lowest BCUT2D eigenvalue weighted by Gasteiger charge is -2.23. The molecule has 6 heteroatoms. The van der Waals surface area contributed by atoms with E-state index in [1.807, 2.05) is 24.3 Å². The second kappa shape index (κ2) is 8.13. The maximum atomic E-state index is 13.1.